The van der Waals surface area contributed by atoms with Crippen LogP contribution >= 0.6 is 0 Å². The molecule has 2 aromatic rings. The molecule has 0 radical (unpaired) electrons. The van der Waals surface area contributed by atoms with Crippen molar-refractivity contribution in [2.45, 2.75) is 70.5 Å². The van der Waals surface area contributed by atoms with Crippen molar-refractivity contribution >= 4 is 22.7 Å². The summed E-state index contributed by atoms with van der Waals surface area (Å²) >= 11 is 0. The average molecular weight is 367 g/mol. The predicted molar refractivity (Wildman–Crippen MR) is 107 cm³/mol. The van der Waals surface area contributed by atoms with E-state index >= 15 is 0 Å². The van der Waals surface area contributed by atoms with Crippen LogP contribution in [0, 0.1) is 0 Å². The maximum Gasteiger partial charge on any atom is 0.271 e. The number of aromatic nitrogens is 1. The van der Waals surface area contributed by atoms with Gasteiger partial charge in [-0.3, -0.25) is 9.59 Å². The van der Waals surface area contributed by atoms with E-state index in [-0.39, 0.29) is 17.9 Å². The van der Waals surface area contributed by atoms with Crippen LogP contribution in [0.1, 0.15) is 62.9 Å². The quantitative estimate of drug-likeness (QED) is 0.895. The van der Waals surface area contributed by atoms with Crippen molar-refractivity contribution in [1.29, 1.82) is 0 Å². The first-order valence-corrected chi connectivity index (χ1v) is 10.3. The van der Waals surface area contributed by atoms with Crippen molar-refractivity contribution in [3.05, 3.63) is 36.0 Å². The molecule has 2 amide bonds. The summed E-state index contributed by atoms with van der Waals surface area (Å²) in [6.45, 7) is 5.07. The number of benzene rings is 1. The molecule has 4 rings (SSSR count). The van der Waals surface area contributed by atoms with Gasteiger partial charge < -0.3 is 14.8 Å². The van der Waals surface area contributed by atoms with Crippen molar-refractivity contribution in [1.82, 2.24) is 14.8 Å². The molecule has 5 heteroatoms. The molecule has 2 aliphatic rings. The Kier molecular flexibility index (Phi) is 4.70. The number of fused-ring (bicyclic) bond motifs is 3. The van der Waals surface area contributed by atoms with Crippen LogP contribution in [0.25, 0.3) is 10.9 Å². The number of hydrogen-bond donors (Lipinski definition) is 1. The van der Waals surface area contributed by atoms with Gasteiger partial charge in [0.05, 0.1) is 6.54 Å². The summed E-state index contributed by atoms with van der Waals surface area (Å²) < 4.78 is 2.03. The second-order valence-electron chi connectivity index (χ2n) is 8.21. The second-order valence-corrected chi connectivity index (χ2v) is 8.21. The van der Waals surface area contributed by atoms with Crippen LogP contribution in [-0.4, -0.2) is 39.4 Å². The zero-order valence-electron chi connectivity index (χ0n) is 16.3. The normalized spacial score (nSPS) is 23.5. The number of amides is 2. The topological polar surface area (TPSA) is 54.3 Å². The Morgan fingerprint density at radius 1 is 1.22 bits per heavy atom. The monoisotopic (exact) mass is 367 g/mol. The average Bonchev–Trinajstić information content (AvgIpc) is 3.04. The molecule has 2 heterocycles. The first-order valence-electron chi connectivity index (χ1n) is 10.3. The summed E-state index contributed by atoms with van der Waals surface area (Å²) in [6, 6.07) is 10.2. The van der Waals surface area contributed by atoms with E-state index in [2.05, 4.69) is 12.2 Å². The van der Waals surface area contributed by atoms with Gasteiger partial charge in [-0.1, -0.05) is 44.4 Å². The van der Waals surface area contributed by atoms with Crippen LogP contribution in [0.3, 0.4) is 0 Å². The fourth-order valence-electron chi connectivity index (χ4n) is 4.67. The lowest BCUT2D eigenvalue weighted by Crippen LogP contribution is -2.65. The fraction of sp³-hybridized carbons (Fsp3) is 0.545. The van der Waals surface area contributed by atoms with E-state index in [0.29, 0.717) is 18.8 Å². The van der Waals surface area contributed by atoms with Crippen LogP contribution < -0.4 is 5.32 Å². The van der Waals surface area contributed by atoms with E-state index in [1.54, 1.807) is 4.90 Å². The Bertz CT molecular complexity index is 866. The third-order valence-corrected chi connectivity index (χ3v) is 6.21. The summed E-state index contributed by atoms with van der Waals surface area (Å²) in [6.07, 6.45) is 6.51. The minimum atomic E-state index is -0.862. The molecule has 1 aromatic heterocycles. The molecule has 5 nitrogen and oxygen atoms in total. The molecule has 1 atom stereocenters. The summed E-state index contributed by atoms with van der Waals surface area (Å²) in [5.41, 5.74) is 0.848. The minimum absolute atomic E-state index is 0.0142. The van der Waals surface area contributed by atoms with Crippen LogP contribution in [0.2, 0.25) is 0 Å². The lowest BCUT2D eigenvalue weighted by molar-refractivity contribution is -0.133. The number of para-hydroxylation sites is 1. The molecule has 1 unspecified atom stereocenters. The predicted octanol–water partition coefficient (Wildman–Crippen LogP) is 3.71. The van der Waals surface area contributed by atoms with Crippen LogP contribution in [-0.2, 0) is 11.3 Å². The van der Waals surface area contributed by atoms with E-state index in [1.807, 2.05) is 41.8 Å². The molecule has 1 aromatic carbocycles. The molecule has 0 bridgehead atoms. The van der Waals surface area contributed by atoms with Gasteiger partial charge in [0.25, 0.3) is 5.91 Å². The van der Waals surface area contributed by atoms with Gasteiger partial charge in [0.2, 0.25) is 5.91 Å². The third-order valence-electron chi connectivity index (χ3n) is 6.21. The zero-order chi connectivity index (χ0) is 19.0. The maximum atomic E-state index is 13.4. The molecule has 27 heavy (non-hydrogen) atoms. The van der Waals surface area contributed by atoms with Crippen molar-refractivity contribution < 1.29 is 9.59 Å². The van der Waals surface area contributed by atoms with Crippen molar-refractivity contribution in [3.8, 4) is 0 Å². The standard InChI is InChI=1S/C22H29N3O2/c1-3-13-25-20(26)19-14-16-9-7-8-12-18(16)24(19)15-22(25,2)21(27)23-17-10-5-4-6-11-17/h7-9,12,14,17H,3-6,10-11,13,15H2,1-2H3,(H,23,27). The van der Waals surface area contributed by atoms with Crippen LogP contribution in [0.4, 0.5) is 0 Å². The summed E-state index contributed by atoms with van der Waals surface area (Å²) in [7, 11) is 0. The van der Waals surface area contributed by atoms with E-state index in [0.717, 1.165) is 30.2 Å². The molecular formula is C22H29N3O2. The van der Waals surface area contributed by atoms with E-state index in [9.17, 15) is 9.59 Å². The Morgan fingerprint density at radius 3 is 2.70 bits per heavy atom. The van der Waals surface area contributed by atoms with Gasteiger partial charge in [-0.25, -0.2) is 0 Å². The summed E-state index contributed by atoms with van der Waals surface area (Å²) in [5.74, 6) is -0.0553. The zero-order valence-corrected chi connectivity index (χ0v) is 16.3. The van der Waals surface area contributed by atoms with Crippen molar-refractivity contribution in [2.75, 3.05) is 6.54 Å². The molecule has 1 saturated carbocycles. The van der Waals surface area contributed by atoms with Gasteiger partial charge >= 0.3 is 0 Å². The van der Waals surface area contributed by atoms with E-state index < -0.39 is 5.54 Å². The highest BCUT2D eigenvalue weighted by atomic mass is 16.2. The number of nitrogens with one attached hydrogen (secondary N) is 1. The highest BCUT2D eigenvalue weighted by Crippen LogP contribution is 2.33. The molecule has 1 fully saturated rings. The van der Waals surface area contributed by atoms with Crippen molar-refractivity contribution in [2.24, 2.45) is 0 Å². The number of carbonyl (C=O) groups is 2. The molecular weight excluding hydrogens is 338 g/mol. The minimum Gasteiger partial charge on any atom is -0.351 e. The highest BCUT2D eigenvalue weighted by molar-refractivity contribution is 6.03. The lowest BCUT2D eigenvalue weighted by atomic mass is 9.91. The van der Waals surface area contributed by atoms with Crippen LogP contribution in [0.15, 0.2) is 30.3 Å². The second kappa shape index (κ2) is 7.02. The van der Waals surface area contributed by atoms with Crippen LogP contribution in [0.5, 0.6) is 0 Å². The van der Waals surface area contributed by atoms with Gasteiger partial charge in [-0.15, -0.1) is 0 Å². The number of nitrogens with zero attached hydrogens (tertiary/aromatic N) is 2. The summed E-state index contributed by atoms with van der Waals surface area (Å²) in [5, 5.41) is 4.31. The molecule has 0 saturated heterocycles. The number of rotatable bonds is 4. The summed E-state index contributed by atoms with van der Waals surface area (Å²) in [4.78, 5) is 28.5. The molecule has 144 valence electrons. The molecule has 1 aliphatic carbocycles. The highest BCUT2D eigenvalue weighted by Gasteiger charge is 2.47. The smallest absolute Gasteiger partial charge is 0.271 e. The third kappa shape index (κ3) is 3.03. The number of carbonyl (C=O) groups excluding carboxylic acids is 2. The largest absolute Gasteiger partial charge is 0.351 e. The maximum absolute atomic E-state index is 13.4. The van der Waals surface area contributed by atoms with Gasteiger partial charge in [0, 0.05) is 23.5 Å². The fourth-order valence-corrected chi connectivity index (χ4v) is 4.67. The van der Waals surface area contributed by atoms with E-state index in [4.69, 9.17) is 0 Å². The van der Waals surface area contributed by atoms with Gasteiger partial charge in [-0.2, -0.15) is 0 Å². The van der Waals surface area contributed by atoms with Gasteiger partial charge in [-0.05, 0) is 38.3 Å². The number of hydrogen-bond acceptors (Lipinski definition) is 2. The molecule has 0 spiro atoms. The van der Waals surface area contributed by atoms with Gasteiger partial charge in [0.15, 0.2) is 0 Å². The molecule has 1 aliphatic heterocycles. The molecule has 1 N–H and O–H groups in total. The SMILES string of the molecule is CCCN1C(=O)c2cc3ccccc3n2CC1(C)C(=O)NC1CCCCC1. The van der Waals surface area contributed by atoms with E-state index in [1.165, 1.54) is 19.3 Å². The van der Waals surface area contributed by atoms with Crippen molar-refractivity contribution in [3.63, 3.8) is 0 Å². The first-order chi connectivity index (χ1) is 13.0. The lowest BCUT2D eigenvalue weighted by Gasteiger charge is -2.44. The Morgan fingerprint density at radius 2 is 1.96 bits per heavy atom. The van der Waals surface area contributed by atoms with Gasteiger partial charge in [0.1, 0.15) is 11.2 Å². The Balaban J connectivity index is 1.71. The Hall–Kier alpha value is -2.30. The first kappa shape index (κ1) is 18.1. The Labute approximate surface area is 160 Å².